The number of fused-ring (bicyclic) bond motifs is 1. The van der Waals surface area contributed by atoms with E-state index in [2.05, 4.69) is 20.8 Å². The zero-order valence-electron chi connectivity index (χ0n) is 15.6. The Morgan fingerprint density at radius 2 is 1.89 bits per heavy atom. The lowest BCUT2D eigenvalue weighted by Gasteiger charge is -2.22. The number of benzene rings is 1. The normalized spacial score (nSPS) is 19.2. The molecule has 1 atom stereocenters. The summed E-state index contributed by atoms with van der Waals surface area (Å²) in [5, 5.41) is 7.49. The molecule has 0 saturated carbocycles. The molecule has 0 aliphatic carbocycles. The minimum absolute atomic E-state index is 0.167. The second-order valence-electron chi connectivity index (χ2n) is 6.84. The van der Waals surface area contributed by atoms with Gasteiger partial charge >= 0.3 is 6.03 Å². The summed E-state index contributed by atoms with van der Waals surface area (Å²) in [7, 11) is 0. The van der Waals surface area contributed by atoms with E-state index in [1.54, 1.807) is 31.2 Å². The van der Waals surface area contributed by atoms with Crippen molar-refractivity contribution in [1.82, 2.24) is 30.3 Å². The Morgan fingerprint density at radius 3 is 2.61 bits per heavy atom. The highest BCUT2D eigenvalue weighted by Gasteiger charge is 2.50. The van der Waals surface area contributed by atoms with Crippen LogP contribution in [0.1, 0.15) is 34.2 Å². The van der Waals surface area contributed by atoms with Crippen LogP contribution in [0.25, 0.3) is 5.65 Å². The van der Waals surface area contributed by atoms with Crippen LogP contribution in [0.5, 0.6) is 0 Å². The molecular weight excluding hydrogens is 360 g/mol. The Labute approximate surface area is 160 Å². The summed E-state index contributed by atoms with van der Waals surface area (Å²) < 4.78 is 1.53. The number of rotatable bonds is 3. The van der Waals surface area contributed by atoms with Crippen LogP contribution in [0.2, 0.25) is 0 Å². The van der Waals surface area contributed by atoms with Gasteiger partial charge in [0.25, 0.3) is 11.8 Å². The largest absolute Gasteiger partial charge is 0.344 e. The number of carbonyl (C=O) groups excluding carboxylic acids is 3. The van der Waals surface area contributed by atoms with Crippen LogP contribution < -0.4 is 10.7 Å². The molecule has 4 rings (SSSR count). The number of hydrogen-bond donors (Lipinski definition) is 2. The van der Waals surface area contributed by atoms with Gasteiger partial charge in [-0.25, -0.2) is 14.3 Å². The number of imide groups is 1. The van der Waals surface area contributed by atoms with E-state index in [9.17, 15) is 14.4 Å². The van der Waals surface area contributed by atoms with Crippen LogP contribution in [0.4, 0.5) is 4.79 Å². The fourth-order valence-corrected chi connectivity index (χ4v) is 3.30. The summed E-state index contributed by atoms with van der Waals surface area (Å²) in [4.78, 5) is 42.4. The van der Waals surface area contributed by atoms with Crippen molar-refractivity contribution in [3.63, 3.8) is 0 Å². The van der Waals surface area contributed by atoms with E-state index in [4.69, 9.17) is 0 Å². The van der Waals surface area contributed by atoms with Crippen molar-refractivity contribution < 1.29 is 14.4 Å². The lowest BCUT2D eigenvalue weighted by molar-refractivity contribution is -0.132. The topological polar surface area (TPSA) is 109 Å². The summed E-state index contributed by atoms with van der Waals surface area (Å²) in [6, 6.07) is 9.98. The molecule has 1 saturated heterocycles. The fraction of sp³-hybridized carbons (Fsp3) is 0.211. The molecule has 0 bridgehead atoms. The predicted molar refractivity (Wildman–Crippen MR) is 99.1 cm³/mol. The van der Waals surface area contributed by atoms with E-state index in [0.717, 1.165) is 11.4 Å². The molecule has 4 amide bonds. The smallest absolute Gasteiger partial charge is 0.318 e. The van der Waals surface area contributed by atoms with E-state index in [-0.39, 0.29) is 5.56 Å². The molecule has 2 aromatic heterocycles. The van der Waals surface area contributed by atoms with Crippen LogP contribution in [0, 0.1) is 13.8 Å². The average Bonchev–Trinajstić information content (AvgIpc) is 3.18. The van der Waals surface area contributed by atoms with Gasteiger partial charge in [0.15, 0.2) is 5.65 Å². The van der Waals surface area contributed by atoms with Crippen LogP contribution in [-0.4, -0.2) is 37.5 Å². The van der Waals surface area contributed by atoms with Gasteiger partial charge in [-0.15, -0.1) is 0 Å². The number of amides is 4. The van der Waals surface area contributed by atoms with Gasteiger partial charge in [-0.2, -0.15) is 10.1 Å². The van der Waals surface area contributed by atoms with Crippen LogP contribution >= 0.6 is 0 Å². The molecule has 1 aliphatic heterocycles. The number of aryl methyl sites for hydroxylation is 2. The van der Waals surface area contributed by atoms with Crippen molar-refractivity contribution in [2.75, 3.05) is 0 Å². The van der Waals surface area contributed by atoms with Gasteiger partial charge < -0.3 is 5.32 Å². The highest BCUT2D eigenvalue weighted by atomic mass is 16.2. The Hall–Kier alpha value is -3.75. The van der Waals surface area contributed by atoms with Crippen molar-refractivity contribution in [2.45, 2.75) is 26.3 Å². The minimum atomic E-state index is -1.27. The predicted octanol–water partition coefficient (Wildman–Crippen LogP) is 1.46. The molecule has 1 aliphatic rings. The third-order valence-corrected chi connectivity index (χ3v) is 4.78. The molecule has 2 N–H and O–H groups in total. The van der Waals surface area contributed by atoms with E-state index in [1.807, 2.05) is 26.0 Å². The molecule has 3 heterocycles. The maximum absolute atomic E-state index is 12.9. The Morgan fingerprint density at radius 1 is 1.18 bits per heavy atom. The van der Waals surface area contributed by atoms with E-state index >= 15 is 0 Å². The standard InChI is InChI=1S/C19H18N6O3/c1-11-9-12(2)24-15(21-11)14(10-20-24)16(26)23-25-17(27)19(3,22-18(25)28)13-7-5-4-6-8-13/h4-10H,1-3H3,(H,22,28)(H,23,26)/t19-/m0/s1. The first-order valence-electron chi connectivity index (χ1n) is 8.66. The average molecular weight is 378 g/mol. The van der Waals surface area contributed by atoms with Gasteiger partial charge in [0.05, 0.1) is 6.20 Å². The highest BCUT2D eigenvalue weighted by Crippen LogP contribution is 2.27. The monoisotopic (exact) mass is 378 g/mol. The zero-order chi connectivity index (χ0) is 20.1. The molecule has 0 radical (unpaired) electrons. The first-order valence-corrected chi connectivity index (χ1v) is 8.66. The molecule has 9 heteroatoms. The molecule has 28 heavy (non-hydrogen) atoms. The fourth-order valence-electron chi connectivity index (χ4n) is 3.30. The van der Waals surface area contributed by atoms with Crippen LogP contribution in [-0.2, 0) is 10.3 Å². The summed E-state index contributed by atoms with van der Waals surface area (Å²) in [5.74, 6) is -1.22. The van der Waals surface area contributed by atoms with Crippen molar-refractivity contribution >= 4 is 23.5 Å². The van der Waals surface area contributed by atoms with Gasteiger partial charge in [-0.05, 0) is 32.4 Å². The molecule has 0 spiro atoms. The summed E-state index contributed by atoms with van der Waals surface area (Å²) >= 11 is 0. The van der Waals surface area contributed by atoms with Gasteiger partial charge in [0.2, 0.25) is 0 Å². The number of urea groups is 1. The van der Waals surface area contributed by atoms with Crippen molar-refractivity contribution in [1.29, 1.82) is 0 Å². The maximum atomic E-state index is 12.9. The first kappa shape index (κ1) is 17.7. The quantitative estimate of drug-likeness (QED) is 0.671. The Balaban J connectivity index is 1.64. The molecule has 1 fully saturated rings. The number of aromatic nitrogens is 3. The Kier molecular flexibility index (Phi) is 3.88. The Bertz CT molecular complexity index is 1120. The summed E-state index contributed by atoms with van der Waals surface area (Å²) in [6.07, 6.45) is 1.36. The summed E-state index contributed by atoms with van der Waals surface area (Å²) in [5.41, 5.74) is 3.79. The van der Waals surface area contributed by atoms with Crippen LogP contribution in [0.15, 0.2) is 42.6 Å². The SMILES string of the molecule is Cc1cc(C)n2ncc(C(=O)NN3C(=O)N[C@@](C)(c4ccccc4)C3=O)c2n1. The third-order valence-electron chi connectivity index (χ3n) is 4.78. The van der Waals surface area contributed by atoms with Crippen molar-refractivity contribution in [2.24, 2.45) is 0 Å². The van der Waals surface area contributed by atoms with Gasteiger partial charge in [-0.1, -0.05) is 30.3 Å². The minimum Gasteiger partial charge on any atom is -0.318 e. The van der Waals surface area contributed by atoms with E-state index < -0.39 is 23.4 Å². The molecular formula is C19H18N6O3. The maximum Gasteiger partial charge on any atom is 0.344 e. The third kappa shape index (κ3) is 2.59. The second kappa shape index (κ2) is 6.15. The first-order chi connectivity index (χ1) is 13.3. The van der Waals surface area contributed by atoms with Gasteiger partial charge in [0, 0.05) is 11.4 Å². The van der Waals surface area contributed by atoms with E-state index in [1.165, 1.54) is 10.7 Å². The number of nitrogens with zero attached hydrogens (tertiary/aromatic N) is 4. The van der Waals surface area contributed by atoms with Gasteiger partial charge in [0.1, 0.15) is 11.1 Å². The highest BCUT2D eigenvalue weighted by molar-refractivity contribution is 6.10. The number of hydrogen-bond acceptors (Lipinski definition) is 5. The molecule has 142 valence electrons. The van der Waals surface area contributed by atoms with Crippen molar-refractivity contribution in [3.8, 4) is 0 Å². The van der Waals surface area contributed by atoms with Crippen LogP contribution in [0.3, 0.4) is 0 Å². The van der Waals surface area contributed by atoms with Gasteiger partial charge in [-0.3, -0.25) is 15.0 Å². The molecule has 3 aromatic rings. The number of nitrogens with one attached hydrogen (secondary N) is 2. The van der Waals surface area contributed by atoms with Crippen molar-refractivity contribution in [3.05, 3.63) is 65.1 Å². The summed E-state index contributed by atoms with van der Waals surface area (Å²) in [6.45, 7) is 5.25. The number of carbonyl (C=O) groups is 3. The lowest BCUT2D eigenvalue weighted by Crippen LogP contribution is -2.47. The number of hydrazine groups is 1. The molecule has 9 nitrogen and oxygen atoms in total. The van der Waals surface area contributed by atoms with E-state index in [0.29, 0.717) is 16.2 Å². The second-order valence-corrected chi connectivity index (χ2v) is 6.84. The lowest BCUT2D eigenvalue weighted by atomic mass is 9.92. The molecule has 1 aromatic carbocycles. The molecule has 0 unspecified atom stereocenters. The zero-order valence-corrected chi connectivity index (χ0v) is 15.6.